The first kappa shape index (κ1) is 10.3. The van der Waals surface area contributed by atoms with E-state index in [2.05, 4.69) is 4.98 Å². The van der Waals surface area contributed by atoms with Gasteiger partial charge in [-0.1, -0.05) is 6.07 Å². The minimum absolute atomic E-state index is 0.362. The first-order valence-electron chi connectivity index (χ1n) is 4.62. The Bertz CT molecular complexity index is 578. The van der Waals surface area contributed by atoms with Crippen molar-refractivity contribution in [3.05, 3.63) is 47.9 Å². The zero-order chi connectivity index (χ0) is 11.5. The summed E-state index contributed by atoms with van der Waals surface area (Å²) in [5.41, 5.74) is 0.994. The molecule has 0 unspecified atom stereocenters. The fraction of sp³-hybridized carbons (Fsp3) is 0. The largest absolute Gasteiger partial charge is 0.478 e. The second-order valence-electron chi connectivity index (χ2n) is 3.24. The molecule has 0 saturated carbocycles. The maximum atomic E-state index is 12.9. The van der Waals surface area contributed by atoms with Crippen LogP contribution in [0.5, 0.6) is 0 Å². The van der Waals surface area contributed by atoms with Gasteiger partial charge in [0.25, 0.3) is 0 Å². The molecule has 0 amide bonds. The van der Waals surface area contributed by atoms with Crippen LogP contribution in [0.15, 0.2) is 36.4 Å². The van der Waals surface area contributed by atoms with Crippen LogP contribution < -0.4 is 0 Å². The number of pyridine rings is 1. The molecule has 1 aromatic carbocycles. The Kier molecular flexibility index (Phi) is 2.64. The van der Waals surface area contributed by atoms with Gasteiger partial charge in [0.2, 0.25) is 0 Å². The van der Waals surface area contributed by atoms with E-state index in [1.54, 1.807) is 18.2 Å². The monoisotopic (exact) mass is 217 g/mol. The molecular formula is C12H8FNO2. The van der Waals surface area contributed by atoms with Gasteiger partial charge in [-0.15, -0.1) is 0 Å². The molecule has 3 nitrogen and oxygen atoms in total. The van der Waals surface area contributed by atoms with Crippen molar-refractivity contribution < 1.29 is 14.3 Å². The first-order valence-corrected chi connectivity index (χ1v) is 4.62. The number of carbonyl (C=O) groups is 1. The molecule has 1 N–H and O–H groups in total. The Labute approximate surface area is 90.9 Å². The number of carboxylic acid groups (broad SMARTS) is 1. The zero-order valence-corrected chi connectivity index (χ0v) is 8.22. The average Bonchev–Trinajstić information content (AvgIpc) is 2.25. The standard InChI is InChI=1S/C12H8FNO2/c13-9-3-1-8-2-4-10(5-6-12(15)16)14-11(8)7-9/h1-7H,(H,15,16)/b6-5+. The van der Waals surface area contributed by atoms with Gasteiger partial charge < -0.3 is 5.11 Å². The van der Waals surface area contributed by atoms with Crippen molar-refractivity contribution in [2.24, 2.45) is 0 Å². The summed E-state index contributed by atoms with van der Waals surface area (Å²) in [5, 5.41) is 9.27. The summed E-state index contributed by atoms with van der Waals surface area (Å²) >= 11 is 0. The summed E-state index contributed by atoms with van der Waals surface area (Å²) in [6.45, 7) is 0. The van der Waals surface area contributed by atoms with E-state index in [1.807, 2.05) is 0 Å². The molecule has 1 heterocycles. The van der Waals surface area contributed by atoms with Crippen molar-refractivity contribution in [2.45, 2.75) is 0 Å². The molecule has 0 spiro atoms. The smallest absolute Gasteiger partial charge is 0.328 e. The van der Waals surface area contributed by atoms with Crippen LogP contribution in [0.4, 0.5) is 4.39 Å². The van der Waals surface area contributed by atoms with Crippen molar-refractivity contribution >= 4 is 22.9 Å². The molecule has 2 rings (SSSR count). The molecule has 2 aromatic rings. The third kappa shape index (κ3) is 2.23. The second kappa shape index (κ2) is 4.10. The van der Waals surface area contributed by atoms with E-state index < -0.39 is 5.97 Å². The summed E-state index contributed by atoms with van der Waals surface area (Å²) in [5.74, 6) is -1.40. The number of aromatic nitrogens is 1. The Balaban J connectivity index is 2.46. The van der Waals surface area contributed by atoms with Crippen LogP contribution in [0.3, 0.4) is 0 Å². The molecule has 0 aliphatic rings. The highest BCUT2D eigenvalue weighted by Gasteiger charge is 1.98. The number of hydrogen-bond donors (Lipinski definition) is 1. The first-order chi connectivity index (χ1) is 7.65. The molecule has 80 valence electrons. The Morgan fingerprint density at radius 3 is 2.81 bits per heavy atom. The Morgan fingerprint density at radius 1 is 1.31 bits per heavy atom. The molecule has 0 fully saturated rings. The molecular weight excluding hydrogens is 209 g/mol. The zero-order valence-electron chi connectivity index (χ0n) is 8.22. The van der Waals surface area contributed by atoms with Crippen molar-refractivity contribution in [1.82, 2.24) is 4.98 Å². The Morgan fingerprint density at radius 2 is 2.06 bits per heavy atom. The number of halogens is 1. The van der Waals surface area contributed by atoms with E-state index in [4.69, 9.17) is 5.11 Å². The SMILES string of the molecule is O=C(O)/C=C/c1ccc2ccc(F)cc2n1. The van der Waals surface area contributed by atoms with E-state index in [9.17, 15) is 9.18 Å². The summed E-state index contributed by atoms with van der Waals surface area (Å²) in [6, 6.07) is 7.75. The van der Waals surface area contributed by atoms with E-state index in [0.29, 0.717) is 11.2 Å². The number of hydrogen-bond acceptors (Lipinski definition) is 2. The van der Waals surface area contributed by atoms with Crippen LogP contribution in [-0.2, 0) is 4.79 Å². The third-order valence-corrected chi connectivity index (χ3v) is 2.07. The molecule has 0 bridgehead atoms. The second-order valence-corrected chi connectivity index (χ2v) is 3.24. The molecule has 1 aromatic heterocycles. The molecule has 0 aliphatic heterocycles. The van der Waals surface area contributed by atoms with Crippen molar-refractivity contribution in [2.75, 3.05) is 0 Å². The summed E-state index contributed by atoms with van der Waals surface area (Å²) < 4.78 is 12.9. The predicted octanol–water partition coefficient (Wildman–Crippen LogP) is 2.47. The molecule has 0 radical (unpaired) electrons. The van der Waals surface area contributed by atoms with Crippen molar-refractivity contribution in [3.63, 3.8) is 0 Å². The lowest BCUT2D eigenvalue weighted by molar-refractivity contribution is -0.131. The average molecular weight is 217 g/mol. The topological polar surface area (TPSA) is 50.2 Å². The molecule has 16 heavy (non-hydrogen) atoms. The van der Waals surface area contributed by atoms with Crippen LogP contribution >= 0.6 is 0 Å². The highest BCUT2D eigenvalue weighted by atomic mass is 19.1. The number of rotatable bonds is 2. The minimum Gasteiger partial charge on any atom is -0.478 e. The highest BCUT2D eigenvalue weighted by molar-refractivity contribution is 5.86. The Hall–Kier alpha value is -2.23. The van der Waals surface area contributed by atoms with Crippen LogP contribution in [0.2, 0.25) is 0 Å². The summed E-state index contributed by atoms with van der Waals surface area (Å²) in [4.78, 5) is 14.4. The molecule has 0 aliphatic carbocycles. The van der Waals surface area contributed by atoms with E-state index in [1.165, 1.54) is 18.2 Å². The summed E-state index contributed by atoms with van der Waals surface area (Å²) in [6.07, 6.45) is 2.36. The maximum absolute atomic E-state index is 12.9. The van der Waals surface area contributed by atoms with Gasteiger partial charge in [0.05, 0.1) is 11.2 Å². The fourth-order valence-electron chi connectivity index (χ4n) is 1.36. The fourth-order valence-corrected chi connectivity index (χ4v) is 1.36. The predicted molar refractivity (Wildman–Crippen MR) is 58.4 cm³/mol. The normalized spacial score (nSPS) is 11.1. The van der Waals surface area contributed by atoms with Gasteiger partial charge in [0.1, 0.15) is 5.82 Å². The van der Waals surface area contributed by atoms with E-state index >= 15 is 0 Å². The summed E-state index contributed by atoms with van der Waals surface area (Å²) in [7, 11) is 0. The molecule has 0 atom stereocenters. The lowest BCUT2D eigenvalue weighted by Crippen LogP contribution is -1.88. The van der Waals surface area contributed by atoms with E-state index in [0.717, 1.165) is 11.5 Å². The van der Waals surface area contributed by atoms with Crippen molar-refractivity contribution in [3.8, 4) is 0 Å². The van der Waals surface area contributed by atoms with Crippen LogP contribution in [0.1, 0.15) is 5.69 Å². The quantitative estimate of drug-likeness (QED) is 0.786. The van der Waals surface area contributed by atoms with Gasteiger partial charge in [-0.05, 0) is 24.3 Å². The number of aliphatic carboxylic acids is 1. The number of benzene rings is 1. The maximum Gasteiger partial charge on any atom is 0.328 e. The highest BCUT2D eigenvalue weighted by Crippen LogP contribution is 2.14. The van der Waals surface area contributed by atoms with Crippen LogP contribution in [0, 0.1) is 5.82 Å². The van der Waals surface area contributed by atoms with Crippen LogP contribution in [0.25, 0.3) is 17.0 Å². The van der Waals surface area contributed by atoms with E-state index in [-0.39, 0.29) is 5.82 Å². The molecule has 0 saturated heterocycles. The minimum atomic E-state index is -1.04. The number of nitrogens with zero attached hydrogens (tertiary/aromatic N) is 1. The van der Waals surface area contributed by atoms with Crippen LogP contribution in [-0.4, -0.2) is 16.1 Å². The number of fused-ring (bicyclic) bond motifs is 1. The molecule has 4 heteroatoms. The van der Waals surface area contributed by atoms with Gasteiger partial charge in [0.15, 0.2) is 0 Å². The van der Waals surface area contributed by atoms with Gasteiger partial charge in [-0.2, -0.15) is 0 Å². The lowest BCUT2D eigenvalue weighted by atomic mass is 10.2. The van der Waals surface area contributed by atoms with Crippen molar-refractivity contribution in [1.29, 1.82) is 0 Å². The third-order valence-electron chi connectivity index (χ3n) is 2.07. The van der Waals surface area contributed by atoms with Gasteiger partial charge in [-0.25, -0.2) is 14.2 Å². The van der Waals surface area contributed by atoms with Gasteiger partial charge >= 0.3 is 5.97 Å². The number of carboxylic acids is 1. The van der Waals surface area contributed by atoms with Gasteiger partial charge in [0, 0.05) is 17.5 Å². The lowest BCUT2D eigenvalue weighted by Gasteiger charge is -1.98. The van der Waals surface area contributed by atoms with Gasteiger partial charge in [-0.3, -0.25) is 0 Å².